The van der Waals surface area contributed by atoms with Crippen molar-refractivity contribution >= 4 is 34.0 Å². The molecule has 1 aliphatic heterocycles. The lowest BCUT2D eigenvalue weighted by Gasteiger charge is -2.37. The molecule has 0 aliphatic carbocycles. The van der Waals surface area contributed by atoms with Crippen LogP contribution in [0.1, 0.15) is 35.5 Å². The molecule has 2 N–H and O–H groups in total. The highest BCUT2D eigenvalue weighted by Gasteiger charge is 2.25. The van der Waals surface area contributed by atoms with Crippen LogP contribution in [0.3, 0.4) is 0 Å². The van der Waals surface area contributed by atoms with Gasteiger partial charge in [0.25, 0.3) is 5.91 Å². The largest absolute Gasteiger partial charge is 0.353 e. The first-order valence-corrected chi connectivity index (χ1v) is 11.0. The maximum atomic E-state index is 14.5. The van der Waals surface area contributed by atoms with Gasteiger partial charge in [-0.15, -0.1) is 0 Å². The maximum absolute atomic E-state index is 14.5. The van der Waals surface area contributed by atoms with Crippen LogP contribution < -0.4 is 15.5 Å². The molecule has 1 saturated heterocycles. The molecule has 5 heterocycles. The molecule has 170 valence electrons. The summed E-state index contributed by atoms with van der Waals surface area (Å²) in [4.78, 5) is 28.8. The molecule has 33 heavy (non-hydrogen) atoms. The number of hydrogen-bond donors (Lipinski definition) is 2. The minimum Gasteiger partial charge on any atom is -0.353 e. The predicted molar refractivity (Wildman–Crippen MR) is 126 cm³/mol. The van der Waals surface area contributed by atoms with E-state index in [0.717, 1.165) is 29.9 Å². The Balaban J connectivity index is 1.53. The summed E-state index contributed by atoms with van der Waals surface area (Å²) in [6.07, 6.45) is 6.65. The third kappa shape index (κ3) is 4.00. The number of fused-ring (bicyclic) bond motifs is 2. The Kier molecular flexibility index (Phi) is 5.20. The van der Waals surface area contributed by atoms with Gasteiger partial charge in [-0.3, -0.25) is 9.78 Å². The number of aromatic nitrogens is 4. The first kappa shape index (κ1) is 21.3. The number of amides is 1. The van der Waals surface area contributed by atoms with E-state index in [1.165, 1.54) is 6.07 Å². The number of halogens is 1. The SMILES string of the molecule is Cc1cnc2c(C(=O)Nc3cc(F)c4nc(C)cn4c3)cnc(N3C[C@H](C)N[C@@H](C)C3)c2c1. The Hall–Kier alpha value is -3.59. The van der Waals surface area contributed by atoms with Gasteiger partial charge in [0.15, 0.2) is 11.5 Å². The maximum Gasteiger partial charge on any atom is 0.259 e. The van der Waals surface area contributed by atoms with Crippen LogP contribution in [0, 0.1) is 19.7 Å². The Bertz CT molecular complexity index is 1370. The highest BCUT2D eigenvalue weighted by atomic mass is 19.1. The number of nitrogens with zero attached hydrogens (tertiary/aromatic N) is 5. The van der Waals surface area contributed by atoms with Crippen molar-refractivity contribution in [3.8, 4) is 0 Å². The fourth-order valence-corrected chi connectivity index (χ4v) is 4.57. The minimum absolute atomic E-state index is 0.221. The summed E-state index contributed by atoms with van der Waals surface area (Å²) in [6.45, 7) is 9.68. The van der Waals surface area contributed by atoms with E-state index in [0.29, 0.717) is 34.5 Å². The number of hydrogen-bond acceptors (Lipinski definition) is 6. The number of carbonyl (C=O) groups is 1. The van der Waals surface area contributed by atoms with E-state index in [1.807, 2.05) is 13.0 Å². The van der Waals surface area contributed by atoms with E-state index in [1.54, 1.807) is 36.1 Å². The van der Waals surface area contributed by atoms with Crippen LogP contribution in [0.4, 0.5) is 15.9 Å². The summed E-state index contributed by atoms with van der Waals surface area (Å²) in [5.41, 5.74) is 3.14. The van der Waals surface area contributed by atoms with Crippen LogP contribution in [0.15, 0.2) is 36.9 Å². The quantitative estimate of drug-likeness (QED) is 0.500. The second-order valence-corrected chi connectivity index (χ2v) is 8.92. The van der Waals surface area contributed by atoms with E-state index in [2.05, 4.69) is 44.3 Å². The van der Waals surface area contributed by atoms with Gasteiger partial charge in [0.2, 0.25) is 0 Å². The number of aryl methyl sites for hydroxylation is 2. The summed E-state index contributed by atoms with van der Waals surface area (Å²) in [5, 5.41) is 7.15. The molecule has 4 aromatic rings. The molecule has 1 amide bonds. The van der Waals surface area contributed by atoms with E-state index >= 15 is 0 Å². The fourth-order valence-electron chi connectivity index (χ4n) is 4.57. The third-order valence-electron chi connectivity index (χ3n) is 5.82. The first-order valence-electron chi connectivity index (χ1n) is 11.0. The molecule has 1 aliphatic rings. The Morgan fingerprint density at radius 1 is 1.12 bits per heavy atom. The van der Waals surface area contributed by atoms with E-state index in [-0.39, 0.29) is 5.65 Å². The topological polar surface area (TPSA) is 87.5 Å². The van der Waals surface area contributed by atoms with Crippen molar-refractivity contribution in [2.45, 2.75) is 39.8 Å². The van der Waals surface area contributed by atoms with E-state index in [4.69, 9.17) is 0 Å². The highest BCUT2D eigenvalue weighted by molar-refractivity contribution is 6.13. The van der Waals surface area contributed by atoms with Gasteiger partial charge < -0.3 is 19.9 Å². The van der Waals surface area contributed by atoms with Crippen LogP contribution in [0.5, 0.6) is 0 Å². The second-order valence-electron chi connectivity index (χ2n) is 8.92. The molecule has 2 atom stereocenters. The molecule has 1 fully saturated rings. The summed E-state index contributed by atoms with van der Waals surface area (Å²) < 4.78 is 16.0. The normalized spacial score (nSPS) is 18.8. The van der Waals surface area contributed by atoms with Crippen LogP contribution in [0.2, 0.25) is 0 Å². The third-order valence-corrected chi connectivity index (χ3v) is 5.82. The fraction of sp³-hybridized carbons (Fsp3) is 0.333. The van der Waals surface area contributed by atoms with Crippen LogP contribution >= 0.6 is 0 Å². The lowest BCUT2D eigenvalue weighted by atomic mass is 10.1. The summed E-state index contributed by atoms with van der Waals surface area (Å²) in [5.74, 6) is -0.0812. The molecule has 0 bridgehead atoms. The van der Waals surface area contributed by atoms with Crippen molar-refractivity contribution in [3.63, 3.8) is 0 Å². The van der Waals surface area contributed by atoms with Gasteiger partial charge >= 0.3 is 0 Å². The molecule has 5 rings (SSSR count). The molecular formula is C24H26FN7O. The summed E-state index contributed by atoms with van der Waals surface area (Å²) >= 11 is 0. The van der Waals surface area contributed by atoms with Crippen molar-refractivity contribution < 1.29 is 9.18 Å². The minimum atomic E-state index is -0.505. The van der Waals surface area contributed by atoms with Gasteiger partial charge in [0.05, 0.1) is 22.5 Å². The predicted octanol–water partition coefficient (Wildman–Crippen LogP) is 3.47. The summed E-state index contributed by atoms with van der Waals surface area (Å²) in [7, 11) is 0. The number of pyridine rings is 3. The molecule has 9 heteroatoms. The number of imidazole rings is 1. The number of rotatable bonds is 3. The lowest BCUT2D eigenvalue weighted by molar-refractivity contribution is 0.102. The van der Waals surface area contributed by atoms with Crippen molar-refractivity contribution in [1.29, 1.82) is 0 Å². The zero-order chi connectivity index (χ0) is 23.3. The second kappa shape index (κ2) is 8.08. The molecular weight excluding hydrogens is 421 g/mol. The van der Waals surface area contributed by atoms with Crippen molar-refractivity contribution in [2.75, 3.05) is 23.3 Å². The van der Waals surface area contributed by atoms with Crippen molar-refractivity contribution in [1.82, 2.24) is 24.7 Å². The average molecular weight is 448 g/mol. The van der Waals surface area contributed by atoms with Gasteiger partial charge in [-0.1, -0.05) is 0 Å². The van der Waals surface area contributed by atoms with Gasteiger partial charge in [-0.2, -0.15) is 0 Å². The molecule has 0 aromatic carbocycles. The molecule has 8 nitrogen and oxygen atoms in total. The van der Waals surface area contributed by atoms with Crippen molar-refractivity contribution in [3.05, 3.63) is 59.6 Å². The van der Waals surface area contributed by atoms with E-state index in [9.17, 15) is 9.18 Å². The number of piperazine rings is 1. The van der Waals surface area contributed by atoms with Gasteiger partial charge in [-0.25, -0.2) is 14.4 Å². The van der Waals surface area contributed by atoms with E-state index < -0.39 is 11.7 Å². The molecule has 0 unspecified atom stereocenters. The van der Waals surface area contributed by atoms with Crippen LogP contribution in [0.25, 0.3) is 16.6 Å². The Labute approximate surface area is 190 Å². The highest BCUT2D eigenvalue weighted by Crippen LogP contribution is 2.29. The molecule has 0 spiro atoms. The monoisotopic (exact) mass is 447 g/mol. The standard InChI is InChI=1S/C24H26FN7O/c1-13-5-18-21(26-7-13)19(8-27-22(18)31-9-14(2)28-15(3)10-31)24(33)30-17-6-20(25)23-29-16(4)11-32(23)12-17/h5-8,11-12,14-15,28H,9-10H2,1-4H3,(H,30,33)/t14-,15-/m0/s1. The number of nitrogens with one attached hydrogen (secondary N) is 2. The lowest BCUT2D eigenvalue weighted by Crippen LogP contribution is -2.54. The number of carbonyl (C=O) groups excluding carboxylic acids is 1. The molecule has 4 aromatic heterocycles. The Morgan fingerprint density at radius 3 is 2.64 bits per heavy atom. The molecule has 0 saturated carbocycles. The number of anilines is 2. The van der Waals surface area contributed by atoms with Crippen molar-refractivity contribution in [2.24, 2.45) is 0 Å². The molecule has 0 radical (unpaired) electrons. The van der Waals surface area contributed by atoms with Gasteiger partial charge in [0, 0.05) is 61.4 Å². The first-order chi connectivity index (χ1) is 15.8. The Morgan fingerprint density at radius 2 is 1.88 bits per heavy atom. The summed E-state index contributed by atoms with van der Waals surface area (Å²) in [6, 6.07) is 3.93. The zero-order valence-corrected chi connectivity index (χ0v) is 19.1. The zero-order valence-electron chi connectivity index (χ0n) is 19.1. The average Bonchev–Trinajstić information content (AvgIpc) is 3.12. The smallest absolute Gasteiger partial charge is 0.259 e. The van der Waals surface area contributed by atoms with Crippen LogP contribution in [-0.2, 0) is 0 Å². The van der Waals surface area contributed by atoms with Gasteiger partial charge in [-0.05, 0) is 39.3 Å². The van der Waals surface area contributed by atoms with Gasteiger partial charge in [0.1, 0.15) is 5.82 Å². The van der Waals surface area contributed by atoms with Crippen LogP contribution in [-0.4, -0.2) is 50.4 Å².